The number of hydrogen-bond acceptors (Lipinski definition) is 22. The fourth-order valence-electron chi connectivity index (χ4n) is 10.5. The fourth-order valence-corrected chi connectivity index (χ4v) is 11.8. The molecule has 0 aliphatic heterocycles. The molecule has 3 heterocycles. The van der Waals surface area contributed by atoms with Crippen molar-refractivity contribution in [3.05, 3.63) is 168 Å². The lowest BCUT2D eigenvalue weighted by Crippen LogP contribution is -2.11. The van der Waals surface area contributed by atoms with Gasteiger partial charge in [0.25, 0.3) is 0 Å². The fraction of sp³-hybridized carbons (Fsp3) is 0. The second kappa shape index (κ2) is 20.4. The number of benzene rings is 9. The van der Waals surface area contributed by atoms with Crippen LogP contribution < -0.4 is 29.7 Å². The number of aromatic nitrogens is 6. The van der Waals surface area contributed by atoms with Crippen LogP contribution >= 0.6 is 0 Å². The quantitative estimate of drug-likeness (QED) is 0.0838. The number of hydrogen-bond donors (Lipinski definition) is 6. The monoisotopic (exact) mass is 1150 g/mol. The Morgan fingerprint density at radius 2 is 0.675 bits per heavy atom. The van der Waals surface area contributed by atoms with Crippen molar-refractivity contribution >= 4 is 104 Å². The second-order valence-electron chi connectivity index (χ2n) is 18.5. The molecule has 3 aliphatic carbocycles. The van der Waals surface area contributed by atoms with Gasteiger partial charge in [-0.05, 0) is 95.0 Å². The Morgan fingerprint density at radius 1 is 0.373 bits per heavy atom. The van der Waals surface area contributed by atoms with E-state index in [2.05, 4.69) is 56.4 Å². The van der Waals surface area contributed by atoms with E-state index < -0.39 is 38.1 Å². The number of carboxylic acids is 1. The molecule has 12 aromatic rings. The van der Waals surface area contributed by atoms with Crippen molar-refractivity contribution in [2.75, 3.05) is 0 Å². The lowest BCUT2D eigenvalue weighted by molar-refractivity contribution is 0.0495. The van der Waals surface area contributed by atoms with Crippen LogP contribution in [0.5, 0.6) is 0 Å². The number of nitrogens with zero attached hydrogens (tertiary/aromatic N) is 6. The molecule has 26 heteroatoms. The van der Waals surface area contributed by atoms with Crippen LogP contribution in [-0.4, -0.2) is 75.2 Å². The zero-order valence-electron chi connectivity index (χ0n) is 42.4. The van der Waals surface area contributed by atoms with E-state index >= 15 is 0 Å². The Hall–Kier alpha value is -10.2. The van der Waals surface area contributed by atoms with Gasteiger partial charge in [-0.25, -0.2) is 44.3 Å². The summed E-state index contributed by atoms with van der Waals surface area (Å²) >= 11 is 0. The third-order valence-electron chi connectivity index (χ3n) is 14.1. The van der Waals surface area contributed by atoms with E-state index in [0.717, 1.165) is 49.8 Å². The molecule has 83 heavy (non-hydrogen) atoms. The van der Waals surface area contributed by atoms with Crippen LogP contribution in [0.4, 0.5) is 0 Å². The van der Waals surface area contributed by atoms with Crippen LogP contribution in [0.2, 0.25) is 0 Å². The van der Waals surface area contributed by atoms with Crippen molar-refractivity contribution in [2.45, 2.75) is 9.79 Å². The largest absolute Gasteiger partial charge is 0.478 e. The van der Waals surface area contributed by atoms with Crippen LogP contribution in [-0.2, 0) is 38.5 Å². The molecule has 15 rings (SSSR count). The summed E-state index contributed by atoms with van der Waals surface area (Å²) in [5, 5.41) is 14.5. The molecule has 0 fully saturated rings. The normalized spacial score (nSPS) is 11.9. The minimum Gasteiger partial charge on any atom is -0.478 e. The summed E-state index contributed by atoms with van der Waals surface area (Å²) in [7, 11) is -8.21. The summed E-state index contributed by atoms with van der Waals surface area (Å²) in [6, 6.07) is 43.4. The van der Waals surface area contributed by atoms with Crippen molar-refractivity contribution in [2.24, 2.45) is 23.6 Å². The van der Waals surface area contributed by atoms with Crippen molar-refractivity contribution in [1.82, 2.24) is 36.1 Å². The Labute approximate surface area is 466 Å². The molecule has 3 aliphatic rings. The van der Waals surface area contributed by atoms with Crippen LogP contribution in [0.3, 0.4) is 0 Å². The zero-order valence-corrected chi connectivity index (χ0v) is 44.0. The number of carbonyl (C=O) groups is 3. The van der Waals surface area contributed by atoms with Gasteiger partial charge in [0.15, 0.2) is 0 Å². The van der Waals surface area contributed by atoms with Gasteiger partial charge < -0.3 is 26.4 Å². The molecule has 0 saturated heterocycles. The number of fused-ring (bicyclic) bond motifs is 12. The maximum atomic E-state index is 12.2. The molecule has 412 valence electrons. The summed E-state index contributed by atoms with van der Waals surface area (Å²) < 4.78 is 57.0. The molecule has 0 radical (unpaired) electrons. The molecule has 0 unspecified atom stereocenters. The number of carboxylic acid groups (broad SMARTS) is 1. The molecule has 24 nitrogen and oxygen atoms in total. The summed E-state index contributed by atoms with van der Waals surface area (Å²) in [4.78, 5) is 71.1. The van der Waals surface area contributed by atoms with Crippen molar-refractivity contribution < 1.29 is 60.0 Å². The summed E-state index contributed by atoms with van der Waals surface area (Å²) in [6.07, 6.45) is 0. The molecule has 0 bridgehead atoms. The second-order valence-corrected chi connectivity index (χ2v) is 21.7. The smallest absolute Gasteiger partial charge is 0.356 e. The van der Waals surface area contributed by atoms with Gasteiger partial charge in [0.05, 0.1) is 93.7 Å². The van der Waals surface area contributed by atoms with Gasteiger partial charge in [0, 0.05) is 49.5 Å². The van der Waals surface area contributed by atoms with Gasteiger partial charge >= 0.3 is 38.1 Å². The maximum Gasteiger partial charge on any atom is 0.356 e. The van der Waals surface area contributed by atoms with E-state index in [-0.39, 0.29) is 38.1 Å². The van der Waals surface area contributed by atoms with E-state index in [1.54, 1.807) is 60.7 Å². The van der Waals surface area contributed by atoms with Gasteiger partial charge in [0.2, 0.25) is 0 Å². The molecule has 0 amide bonds. The third-order valence-corrected chi connectivity index (χ3v) is 16.2. The molecule has 0 saturated carbocycles. The van der Waals surface area contributed by atoms with Crippen molar-refractivity contribution in [3.63, 3.8) is 0 Å². The molecular formula is C57H39N11O13S2. The van der Waals surface area contributed by atoms with E-state index in [4.69, 9.17) is 38.7 Å². The Morgan fingerprint density at radius 3 is 1.01 bits per heavy atom. The zero-order chi connectivity index (χ0) is 56.2. The number of aromatic carboxylic acids is 1. The Balaban J connectivity index is 0.000000130. The Bertz CT molecular complexity index is 5070. The van der Waals surface area contributed by atoms with Crippen LogP contribution in [0, 0.1) is 0 Å². The first-order valence-electron chi connectivity index (χ1n) is 24.0. The van der Waals surface area contributed by atoms with E-state index in [1.807, 2.05) is 36.4 Å². The highest BCUT2D eigenvalue weighted by Crippen LogP contribution is 2.49. The number of nitrogens with two attached hydrogens (primary N) is 4. The van der Waals surface area contributed by atoms with Gasteiger partial charge in [-0.2, -0.15) is 49.0 Å². The maximum absolute atomic E-state index is 12.2. The highest BCUT2D eigenvalue weighted by atomic mass is 32.2. The summed E-state index contributed by atoms with van der Waals surface area (Å²) in [5.41, 5.74) is 13.0. The first kappa shape index (κ1) is 54.7. The minimum atomic E-state index is -4.11. The lowest BCUT2D eigenvalue weighted by Gasteiger charge is -2.07. The van der Waals surface area contributed by atoms with Gasteiger partial charge in [-0.1, -0.05) is 72.8 Å². The number of carbonyl (C=O) groups excluding carboxylic acids is 2. The SMILES string of the molecule is N.NOC(=O)c1ccc2nc3c(nc2c1)-c1cc(S(=O)(=O)ON)cc2cccc-3c12.NOC(=O)c1ccc2nc3c(nc2c1)-c1cccc2cc(S(=O)(=O)ON)cc-3c12.O.O=C(O)c1ccc2nc3c(nc2c1)-c1cccc2cccc-3c12. The average molecular weight is 1150 g/mol. The topological polar surface area (TPSA) is 425 Å². The number of rotatable bonds is 7. The standard InChI is InChI=1S/2C19H12N4O5S.C19H10N2O2.H3N.H2O/c20-27-19(24)10-4-5-14-15(7-10)23-17-12-3-1-2-9-6-11(29(25,26)28-21)8-13(16(9)12)18(17)22-14;20-27-19(24)10-4-5-14-15(7-10)23-18-13-8-11(29(25,26)28-21)6-9-2-1-3-12(16(9)13)17(18)22-14;22-19(23)11-7-8-14-15(9-11)21-18-13-6-2-4-10-3-1-5-12(16(10)13)17(18)20-14;;/h2*1-8H,20-21H2;1-9H,(H,22,23);1H3;1H2. The highest BCUT2D eigenvalue weighted by Gasteiger charge is 2.31. The van der Waals surface area contributed by atoms with Crippen LogP contribution in [0.25, 0.3) is 133 Å². The van der Waals surface area contributed by atoms with Crippen molar-refractivity contribution in [1.29, 1.82) is 0 Å². The molecule has 0 atom stereocenters. The van der Waals surface area contributed by atoms with Crippen LogP contribution in [0.1, 0.15) is 31.1 Å². The highest BCUT2D eigenvalue weighted by molar-refractivity contribution is 7.87. The van der Waals surface area contributed by atoms with Crippen LogP contribution in [0.15, 0.2) is 161 Å². The van der Waals surface area contributed by atoms with Gasteiger partial charge in [-0.3, -0.25) is 0 Å². The first-order valence-corrected chi connectivity index (χ1v) is 26.8. The van der Waals surface area contributed by atoms with E-state index in [9.17, 15) is 31.2 Å². The van der Waals surface area contributed by atoms with E-state index in [0.29, 0.717) is 77.8 Å². The molecular weight excluding hydrogens is 1110 g/mol. The first-order chi connectivity index (χ1) is 39.1. The molecule has 14 N–H and O–H groups in total. The molecule has 3 aromatic heterocycles. The predicted molar refractivity (Wildman–Crippen MR) is 304 cm³/mol. The minimum absolute atomic E-state index is 0. The molecule has 9 aromatic carbocycles. The Kier molecular flexibility index (Phi) is 13.4. The average Bonchev–Trinajstić information content (AvgIpc) is 2.00. The molecule has 0 spiro atoms. The third kappa shape index (κ3) is 8.84. The predicted octanol–water partition coefficient (Wildman–Crippen LogP) is 7.55. The lowest BCUT2D eigenvalue weighted by atomic mass is 10.0. The summed E-state index contributed by atoms with van der Waals surface area (Å²) in [6.45, 7) is 0. The van der Waals surface area contributed by atoms with Gasteiger partial charge in [-0.15, -0.1) is 0 Å². The van der Waals surface area contributed by atoms with Gasteiger partial charge in [0.1, 0.15) is 0 Å². The summed E-state index contributed by atoms with van der Waals surface area (Å²) in [5.74, 6) is 17.5. The van der Waals surface area contributed by atoms with E-state index in [1.165, 1.54) is 41.8 Å². The van der Waals surface area contributed by atoms with Crippen molar-refractivity contribution in [3.8, 4) is 67.5 Å².